The van der Waals surface area contributed by atoms with Gasteiger partial charge in [-0.25, -0.2) is 0 Å². The van der Waals surface area contributed by atoms with Crippen molar-refractivity contribution in [1.29, 1.82) is 5.26 Å². The number of hydrogen-bond donors (Lipinski definition) is 2. The minimum absolute atomic E-state index is 0.283. The van der Waals surface area contributed by atoms with Crippen LogP contribution >= 0.6 is 0 Å². The topological polar surface area (TPSA) is 82.3 Å². The normalized spacial score (nSPS) is 11.4. The minimum Gasteiger partial charge on any atom is -0.480 e. The van der Waals surface area contributed by atoms with E-state index in [2.05, 4.69) is 5.48 Å². The molecule has 0 saturated carbocycles. The third-order valence-corrected chi connectivity index (χ3v) is 2.90. The molecule has 1 unspecified atom stereocenters. The Morgan fingerprint density at radius 1 is 1.19 bits per heavy atom. The SMILES string of the molecule is N#Cc1ccccc1ONC(Cc1ccccc1)C(=O)O. The predicted molar refractivity (Wildman–Crippen MR) is 76.5 cm³/mol. The molecule has 2 N–H and O–H groups in total. The summed E-state index contributed by atoms with van der Waals surface area (Å²) in [5, 5.41) is 18.2. The van der Waals surface area contributed by atoms with Crippen molar-refractivity contribution in [2.45, 2.75) is 12.5 Å². The van der Waals surface area contributed by atoms with Crippen LogP contribution < -0.4 is 10.3 Å². The Labute approximate surface area is 122 Å². The highest BCUT2D eigenvalue weighted by atomic mass is 16.6. The van der Waals surface area contributed by atoms with E-state index in [1.54, 1.807) is 24.3 Å². The largest absolute Gasteiger partial charge is 0.480 e. The average molecular weight is 282 g/mol. The van der Waals surface area contributed by atoms with E-state index in [9.17, 15) is 9.90 Å². The highest BCUT2D eigenvalue weighted by Gasteiger charge is 2.19. The Kier molecular flexibility index (Phi) is 4.91. The third kappa shape index (κ3) is 4.06. The van der Waals surface area contributed by atoms with Gasteiger partial charge in [0.1, 0.15) is 12.1 Å². The molecule has 0 aliphatic heterocycles. The lowest BCUT2D eigenvalue weighted by Gasteiger charge is -2.15. The van der Waals surface area contributed by atoms with Crippen molar-refractivity contribution in [1.82, 2.24) is 5.48 Å². The van der Waals surface area contributed by atoms with Gasteiger partial charge in [0.25, 0.3) is 0 Å². The molecule has 0 spiro atoms. The molecule has 1 atom stereocenters. The van der Waals surface area contributed by atoms with Gasteiger partial charge in [0.2, 0.25) is 0 Å². The maximum absolute atomic E-state index is 11.3. The highest BCUT2D eigenvalue weighted by molar-refractivity contribution is 5.73. The molecule has 0 heterocycles. The van der Waals surface area contributed by atoms with Gasteiger partial charge in [-0.3, -0.25) is 4.79 Å². The molecule has 0 saturated heterocycles. The lowest BCUT2D eigenvalue weighted by Crippen LogP contribution is -2.40. The second kappa shape index (κ2) is 7.08. The van der Waals surface area contributed by atoms with E-state index < -0.39 is 12.0 Å². The van der Waals surface area contributed by atoms with Crippen molar-refractivity contribution in [2.24, 2.45) is 0 Å². The number of nitrogens with zero attached hydrogens (tertiary/aromatic N) is 1. The fourth-order valence-electron chi connectivity index (χ4n) is 1.81. The van der Waals surface area contributed by atoms with Crippen molar-refractivity contribution >= 4 is 5.97 Å². The van der Waals surface area contributed by atoms with Crippen LogP contribution in [0.15, 0.2) is 54.6 Å². The molecule has 5 heteroatoms. The lowest BCUT2D eigenvalue weighted by molar-refractivity contribution is -0.141. The predicted octanol–water partition coefficient (Wildman–Crippen LogP) is 2.14. The number of carboxylic acids is 1. The molecular weight excluding hydrogens is 268 g/mol. The number of aliphatic carboxylic acids is 1. The van der Waals surface area contributed by atoms with Crippen molar-refractivity contribution < 1.29 is 14.7 Å². The number of hydrogen-bond acceptors (Lipinski definition) is 4. The molecule has 2 aromatic carbocycles. The fraction of sp³-hybridized carbons (Fsp3) is 0.125. The maximum Gasteiger partial charge on any atom is 0.324 e. The zero-order valence-corrected chi connectivity index (χ0v) is 11.2. The van der Waals surface area contributed by atoms with Crippen LogP contribution in [0, 0.1) is 11.3 Å². The Hall–Kier alpha value is -2.84. The molecule has 0 aliphatic carbocycles. The number of rotatable bonds is 6. The van der Waals surface area contributed by atoms with Crippen LogP contribution in [0.4, 0.5) is 0 Å². The van der Waals surface area contributed by atoms with Gasteiger partial charge in [0.05, 0.1) is 5.56 Å². The van der Waals surface area contributed by atoms with Gasteiger partial charge < -0.3 is 9.94 Å². The molecule has 0 radical (unpaired) electrons. The van der Waals surface area contributed by atoms with Gasteiger partial charge in [-0.1, -0.05) is 42.5 Å². The molecule has 106 valence electrons. The first-order chi connectivity index (χ1) is 10.2. The van der Waals surface area contributed by atoms with Crippen LogP contribution in [-0.4, -0.2) is 17.1 Å². The summed E-state index contributed by atoms with van der Waals surface area (Å²) in [4.78, 5) is 16.5. The van der Waals surface area contributed by atoms with Crippen LogP contribution in [-0.2, 0) is 11.2 Å². The molecule has 0 aliphatic rings. The number of para-hydroxylation sites is 1. The summed E-state index contributed by atoms with van der Waals surface area (Å²) in [6.45, 7) is 0. The van der Waals surface area contributed by atoms with Gasteiger partial charge in [-0.2, -0.15) is 5.26 Å². The fourth-order valence-corrected chi connectivity index (χ4v) is 1.81. The van der Waals surface area contributed by atoms with Crippen molar-refractivity contribution in [3.63, 3.8) is 0 Å². The first-order valence-electron chi connectivity index (χ1n) is 6.39. The zero-order chi connectivity index (χ0) is 15.1. The second-order valence-electron chi connectivity index (χ2n) is 4.41. The van der Waals surface area contributed by atoms with E-state index in [1.165, 1.54) is 0 Å². The first-order valence-corrected chi connectivity index (χ1v) is 6.39. The molecule has 5 nitrogen and oxygen atoms in total. The Balaban J connectivity index is 2.04. The monoisotopic (exact) mass is 282 g/mol. The molecule has 0 bridgehead atoms. The van der Waals surface area contributed by atoms with E-state index in [0.29, 0.717) is 11.3 Å². The van der Waals surface area contributed by atoms with Gasteiger partial charge in [0, 0.05) is 6.42 Å². The summed E-state index contributed by atoms with van der Waals surface area (Å²) >= 11 is 0. The summed E-state index contributed by atoms with van der Waals surface area (Å²) in [5.74, 6) is -0.715. The minimum atomic E-state index is -1.02. The van der Waals surface area contributed by atoms with Gasteiger partial charge in [0.15, 0.2) is 5.75 Å². The quantitative estimate of drug-likeness (QED) is 0.793. The standard InChI is InChI=1S/C16H14N2O3/c17-11-13-8-4-5-9-15(13)21-18-14(16(19)20)10-12-6-2-1-3-7-12/h1-9,14,18H,10H2,(H,19,20). The molecule has 2 rings (SSSR count). The van der Waals surface area contributed by atoms with Crippen molar-refractivity contribution in [3.05, 3.63) is 65.7 Å². The number of nitrogens with one attached hydrogen (secondary N) is 1. The van der Waals surface area contributed by atoms with E-state index >= 15 is 0 Å². The van der Waals surface area contributed by atoms with Crippen molar-refractivity contribution in [2.75, 3.05) is 0 Å². The van der Waals surface area contributed by atoms with Crippen LogP contribution in [0.2, 0.25) is 0 Å². The van der Waals surface area contributed by atoms with Gasteiger partial charge in [-0.05, 0) is 17.7 Å². The number of carbonyl (C=O) groups is 1. The highest BCUT2D eigenvalue weighted by Crippen LogP contribution is 2.16. The molecule has 0 amide bonds. The van der Waals surface area contributed by atoms with E-state index in [1.807, 2.05) is 36.4 Å². The number of nitriles is 1. The zero-order valence-electron chi connectivity index (χ0n) is 11.2. The summed E-state index contributed by atoms with van der Waals surface area (Å²) in [7, 11) is 0. The second-order valence-corrected chi connectivity index (χ2v) is 4.41. The molecule has 2 aromatic rings. The average Bonchev–Trinajstić information content (AvgIpc) is 2.52. The lowest BCUT2D eigenvalue weighted by atomic mass is 10.1. The summed E-state index contributed by atoms with van der Waals surface area (Å²) in [5.41, 5.74) is 3.73. The van der Waals surface area contributed by atoms with E-state index in [4.69, 9.17) is 10.1 Å². The Bertz CT molecular complexity index is 650. The van der Waals surface area contributed by atoms with E-state index in [-0.39, 0.29) is 6.42 Å². The van der Waals surface area contributed by atoms with Gasteiger partial charge >= 0.3 is 5.97 Å². The summed E-state index contributed by atoms with van der Waals surface area (Å²) in [6.07, 6.45) is 0.283. The van der Waals surface area contributed by atoms with Gasteiger partial charge in [-0.15, -0.1) is 5.48 Å². The number of carboxylic acid groups (broad SMARTS) is 1. The Morgan fingerprint density at radius 2 is 1.86 bits per heavy atom. The molecular formula is C16H14N2O3. The third-order valence-electron chi connectivity index (χ3n) is 2.90. The Morgan fingerprint density at radius 3 is 2.52 bits per heavy atom. The molecule has 0 aromatic heterocycles. The van der Waals surface area contributed by atoms with Crippen LogP contribution in [0.5, 0.6) is 5.75 Å². The summed E-state index contributed by atoms with van der Waals surface area (Å²) < 4.78 is 0. The summed E-state index contributed by atoms with van der Waals surface area (Å²) in [6, 6.07) is 17.0. The van der Waals surface area contributed by atoms with Crippen LogP contribution in [0.25, 0.3) is 0 Å². The van der Waals surface area contributed by atoms with Crippen molar-refractivity contribution in [3.8, 4) is 11.8 Å². The first kappa shape index (κ1) is 14.6. The maximum atomic E-state index is 11.3. The number of benzene rings is 2. The number of hydroxylamine groups is 1. The molecule has 0 fully saturated rings. The molecule has 21 heavy (non-hydrogen) atoms. The van der Waals surface area contributed by atoms with Crippen LogP contribution in [0.3, 0.4) is 0 Å². The smallest absolute Gasteiger partial charge is 0.324 e. The van der Waals surface area contributed by atoms with Crippen LogP contribution in [0.1, 0.15) is 11.1 Å². The van der Waals surface area contributed by atoms with E-state index in [0.717, 1.165) is 5.56 Å².